The molecule has 2 unspecified atom stereocenters. The number of carbonyl (C=O) groups is 1. The molecule has 2 heterocycles. The number of hydrogen-bond acceptors (Lipinski definition) is 5. The van der Waals surface area contributed by atoms with E-state index in [1.165, 1.54) is 23.4 Å². The van der Waals surface area contributed by atoms with Gasteiger partial charge < -0.3 is 9.42 Å². The van der Waals surface area contributed by atoms with Gasteiger partial charge in [0, 0.05) is 32.1 Å². The highest BCUT2D eigenvalue weighted by Gasteiger charge is 2.49. The van der Waals surface area contributed by atoms with Gasteiger partial charge in [0.05, 0.1) is 5.56 Å². The monoisotopic (exact) mass is 457 g/mol. The van der Waals surface area contributed by atoms with Crippen molar-refractivity contribution in [2.24, 2.45) is 5.92 Å². The molecule has 1 saturated heterocycles. The molecule has 11 heteroatoms. The van der Waals surface area contributed by atoms with E-state index in [2.05, 4.69) is 5.16 Å². The largest absolute Gasteiger partial charge is 0.416 e. The number of nitrogens with zero attached hydrogens (tertiary/aromatic N) is 3. The summed E-state index contributed by atoms with van der Waals surface area (Å²) in [6.45, 7) is 3.66. The number of amides is 1. The summed E-state index contributed by atoms with van der Waals surface area (Å²) in [5.41, 5.74) is -0.279. The molecule has 2 aromatic rings. The molecule has 1 aromatic heterocycles. The topological polar surface area (TPSA) is 83.7 Å². The van der Waals surface area contributed by atoms with Gasteiger partial charge in [0.15, 0.2) is 5.76 Å². The van der Waals surface area contributed by atoms with Crippen molar-refractivity contribution in [3.05, 3.63) is 46.8 Å². The minimum absolute atomic E-state index is 0.0401. The molecule has 4 rings (SSSR count). The first-order valence-electron chi connectivity index (χ1n) is 9.89. The lowest BCUT2D eigenvalue weighted by Gasteiger charge is -2.34. The second-order valence-corrected chi connectivity index (χ2v) is 9.79. The predicted molar refractivity (Wildman–Crippen MR) is 104 cm³/mol. The molecular weight excluding hydrogens is 435 g/mol. The van der Waals surface area contributed by atoms with Crippen LogP contribution in [-0.4, -0.2) is 54.9 Å². The Morgan fingerprint density at radius 1 is 1.13 bits per heavy atom. The maximum atomic E-state index is 13.3. The number of piperazine rings is 1. The summed E-state index contributed by atoms with van der Waals surface area (Å²) in [4.78, 5) is 14.4. The third kappa shape index (κ3) is 3.96. The van der Waals surface area contributed by atoms with Crippen molar-refractivity contribution in [2.45, 2.75) is 37.3 Å². The Balaban J connectivity index is 1.42. The van der Waals surface area contributed by atoms with E-state index in [0.29, 0.717) is 6.42 Å². The quantitative estimate of drug-likeness (QED) is 0.705. The average molecular weight is 457 g/mol. The smallest absolute Gasteiger partial charge is 0.360 e. The summed E-state index contributed by atoms with van der Waals surface area (Å²) < 4.78 is 71.9. The van der Waals surface area contributed by atoms with Gasteiger partial charge in [-0.2, -0.15) is 17.5 Å². The predicted octanol–water partition coefficient (Wildman–Crippen LogP) is 2.95. The summed E-state index contributed by atoms with van der Waals surface area (Å²) in [6.07, 6.45) is -4.10. The second kappa shape index (κ2) is 7.63. The molecule has 0 radical (unpaired) electrons. The van der Waals surface area contributed by atoms with Crippen LogP contribution in [0.2, 0.25) is 0 Å². The number of alkyl halides is 3. The number of benzene rings is 1. The summed E-state index contributed by atoms with van der Waals surface area (Å²) in [6, 6.07) is 5.34. The number of hydrogen-bond donors (Lipinski definition) is 0. The fraction of sp³-hybridized carbons (Fsp3) is 0.500. The fourth-order valence-corrected chi connectivity index (χ4v) is 5.96. The highest BCUT2D eigenvalue weighted by Crippen LogP contribution is 2.51. The standard InChI is InChI=1S/C20H22F3N3O4S/c1-12-18(13(2)30-24-12)31(28,29)26-9-7-25(8-10-26)19(27)16-11-15(16)14-5-3-4-6-17(14)20(21,22)23/h3-6,15-16H,7-11H2,1-2H3. The molecule has 0 bridgehead atoms. The molecule has 1 aliphatic heterocycles. The minimum Gasteiger partial charge on any atom is -0.360 e. The van der Waals surface area contributed by atoms with Crippen LogP contribution in [0.3, 0.4) is 0 Å². The van der Waals surface area contributed by atoms with Crippen molar-refractivity contribution >= 4 is 15.9 Å². The van der Waals surface area contributed by atoms with Crippen LogP contribution in [0.4, 0.5) is 13.2 Å². The van der Waals surface area contributed by atoms with Crippen LogP contribution in [0, 0.1) is 19.8 Å². The Morgan fingerprint density at radius 2 is 1.77 bits per heavy atom. The van der Waals surface area contributed by atoms with Crippen molar-refractivity contribution in [1.29, 1.82) is 0 Å². The van der Waals surface area contributed by atoms with Gasteiger partial charge in [0.1, 0.15) is 10.6 Å². The number of aromatic nitrogens is 1. The molecule has 1 aliphatic carbocycles. The van der Waals surface area contributed by atoms with Gasteiger partial charge in [-0.3, -0.25) is 4.79 Å². The van der Waals surface area contributed by atoms with Crippen LogP contribution in [0.25, 0.3) is 0 Å². The van der Waals surface area contributed by atoms with Crippen LogP contribution in [0.5, 0.6) is 0 Å². The van der Waals surface area contributed by atoms with E-state index in [0.717, 1.165) is 6.07 Å². The first-order valence-corrected chi connectivity index (χ1v) is 11.3. The van der Waals surface area contributed by atoms with E-state index in [-0.39, 0.29) is 54.0 Å². The average Bonchev–Trinajstić information content (AvgIpc) is 3.44. The lowest BCUT2D eigenvalue weighted by Crippen LogP contribution is -2.51. The second-order valence-electron chi connectivity index (χ2n) is 7.92. The molecule has 7 nitrogen and oxygen atoms in total. The molecule has 0 N–H and O–H groups in total. The Bertz CT molecular complexity index is 1090. The maximum Gasteiger partial charge on any atom is 0.416 e. The Morgan fingerprint density at radius 3 is 2.35 bits per heavy atom. The summed E-state index contributed by atoms with van der Waals surface area (Å²) in [5.74, 6) is -0.986. The van der Waals surface area contributed by atoms with Crippen molar-refractivity contribution in [1.82, 2.24) is 14.4 Å². The number of sulfonamides is 1. The molecule has 1 amide bonds. The third-order valence-corrected chi connectivity index (χ3v) is 8.03. The Labute approximate surface area is 177 Å². The summed E-state index contributed by atoms with van der Waals surface area (Å²) in [7, 11) is -3.80. The molecule has 31 heavy (non-hydrogen) atoms. The number of rotatable bonds is 4. The van der Waals surface area contributed by atoms with Crippen LogP contribution < -0.4 is 0 Å². The highest BCUT2D eigenvalue weighted by molar-refractivity contribution is 7.89. The lowest BCUT2D eigenvalue weighted by atomic mass is 10.0. The first kappa shape index (κ1) is 21.8. The lowest BCUT2D eigenvalue weighted by molar-refractivity contribution is -0.139. The van der Waals surface area contributed by atoms with E-state index < -0.39 is 33.6 Å². The van der Waals surface area contributed by atoms with Gasteiger partial charge in [-0.1, -0.05) is 23.4 Å². The van der Waals surface area contributed by atoms with E-state index in [9.17, 15) is 26.4 Å². The number of halogens is 3. The van der Waals surface area contributed by atoms with Crippen molar-refractivity contribution in [3.63, 3.8) is 0 Å². The molecule has 1 aromatic carbocycles. The van der Waals surface area contributed by atoms with Crippen LogP contribution in [0.1, 0.15) is 34.9 Å². The Hall–Kier alpha value is -2.40. The van der Waals surface area contributed by atoms with E-state index in [1.54, 1.807) is 17.9 Å². The minimum atomic E-state index is -4.47. The zero-order chi connectivity index (χ0) is 22.6. The van der Waals surface area contributed by atoms with Gasteiger partial charge in [-0.15, -0.1) is 0 Å². The molecule has 2 aliphatic rings. The van der Waals surface area contributed by atoms with Gasteiger partial charge in [-0.25, -0.2) is 8.42 Å². The zero-order valence-corrected chi connectivity index (χ0v) is 17.8. The summed E-state index contributed by atoms with van der Waals surface area (Å²) >= 11 is 0. The highest BCUT2D eigenvalue weighted by atomic mass is 32.2. The molecule has 1 saturated carbocycles. The van der Waals surface area contributed by atoms with Gasteiger partial charge >= 0.3 is 6.18 Å². The zero-order valence-electron chi connectivity index (χ0n) is 17.0. The van der Waals surface area contributed by atoms with E-state index in [4.69, 9.17) is 4.52 Å². The van der Waals surface area contributed by atoms with Crippen LogP contribution >= 0.6 is 0 Å². The molecule has 0 spiro atoms. The molecule has 2 atom stereocenters. The van der Waals surface area contributed by atoms with Gasteiger partial charge in [0.2, 0.25) is 15.9 Å². The van der Waals surface area contributed by atoms with Gasteiger partial charge in [0.25, 0.3) is 0 Å². The SMILES string of the molecule is Cc1noc(C)c1S(=O)(=O)N1CCN(C(=O)C2CC2c2ccccc2C(F)(F)F)CC1. The summed E-state index contributed by atoms with van der Waals surface area (Å²) in [5, 5.41) is 3.69. The molecular formula is C20H22F3N3O4S. The third-order valence-electron chi connectivity index (χ3n) is 5.89. The van der Waals surface area contributed by atoms with E-state index >= 15 is 0 Å². The van der Waals surface area contributed by atoms with E-state index in [1.807, 2.05) is 0 Å². The normalized spacial score (nSPS) is 22.5. The number of carbonyl (C=O) groups excluding carboxylic acids is 1. The Kier molecular flexibility index (Phi) is 5.37. The van der Waals surface area contributed by atoms with Gasteiger partial charge in [-0.05, 0) is 37.8 Å². The van der Waals surface area contributed by atoms with Crippen molar-refractivity contribution in [3.8, 4) is 0 Å². The maximum absolute atomic E-state index is 13.3. The van der Waals surface area contributed by atoms with Crippen molar-refractivity contribution < 1.29 is 30.9 Å². The molecule has 168 valence electrons. The number of aryl methyl sites for hydroxylation is 2. The fourth-order valence-electron chi connectivity index (χ4n) is 4.25. The molecule has 2 fully saturated rings. The van der Waals surface area contributed by atoms with Crippen molar-refractivity contribution in [2.75, 3.05) is 26.2 Å². The van der Waals surface area contributed by atoms with Crippen LogP contribution in [-0.2, 0) is 21.0 Å². The first-order chi connectivity index (χ1) is 14.5. The van der Waals surface area contributed by atoms with Crippen LogP contribution in [0.15, 0.2) is 33.7 Å².